The summed E-state index contributed by atoms with van der Waals surface area (Å²) in [4.78, 5) is 0. The van der Waals surface area contributed by atoms with Crippen LogP contribution in [0.15, 0.2) is 36.4 Å². The highest BCUT2D eigenvalue weighted by Gasteiger charge is 2.30. The topological polar surface area (TPSA) is 54.0 Å². The van der Waals surface area contributed by atoms with Crippen LogP contribution in [0.25, 0.3) is 10.8 Å². The fourth-order valence-electron chi connectivity index (χ4n) is 2.23. The zero-order valence-electron chi connectivity index (χ0n) is 14.9. The van der Waals surface area contributed by atoms with Crippen molar-refractivity contribution in [3.8, 4) is 11.5 Å². The van der Waals surface area contributed by atoms with Crippen molar-refractivity contribution in [1.82, 2.24) is 0 Å². The van der Waals surface area contributed by atoms with Crippen molar-refractivity contribution in [2.24, 2.45) is 0 Å². The number of hydrogen-bond acceptors (Lipinski definition) is 5. The Hall–Kier alpha value is -1.33. The molecule has 0 unspecified atom stereocenters. The van der Waals surface area contributed by atoms with Crippen molar-refractivity contribution >= 4 is 26.9 Å². The summed E-state index contributed by atoms with van der Waals surface area (Å²) < 4.78 is 35.1. The Bertz CT molecular complexity index is 731. The lowest BCUT2D eigenvalue weighted by atomic mass is 10.1. The monoisotopic (exact) mass is 368 g/mol. The van der Waals surface area contributed by atoms with Crippen LogP contribution in [0.3, 0.4) is 0 Å². The van der Waals surface area contributed by atoms with Crippen molar-refractivity contribution in [3.63, 3.8) is 0 Å². The van der Waals surface area contributed by atoms with Gasteiger partial charge < -0.3 is 8.95 Å². The van der Waals surface area contributed by atoms with Crippen molar-refractivity contribution in [3.05, 3.63) is 36.4 Å². The second-order valence-electron chi connectivity index (χ2n) is 6.20. The first-order valence-electron chi connectivity index (χ1n) is 8.07. The van der Waals surface area contributed by atoms with Crippen LogP contribution in [0.2, 0.25) is 19.6 Å². The summed E-state index contributed by atoms with van der Waals surface area (Å²) in [5.74, 6) is 0.966. The third kappa shape index (κ3) is 4.83. The minimum Gasteiger partial charge on any atom is -0.541 e. The Morgan fingerprint density at radius 3 is 2.17 bits per heavy atom. The van der Waals surface area contributed by atoms with Gasteiger partial charge in [-0.1, -0.05) is 30.3 Å². The first-order chi connectivity index (χ1) is 11.3. The molecule has 0 atom stereocenters. The smallest absolute Gasteiger partial charge is 0.530 e. The van der Waals surface area contributed by atoms with Gasteiger partial charge in [-0.3, -0.25) is 9.05 Å². The van der Waals surface area contributed by atoms with Crippen LogP contribution in [0.4, 0.5) is 0 Å². The van der Waals surface area contributed by atoms with Crippen LogP contribution in [0, 0.1) is 0 Å². The largest absolute Gasteiger partial charge is 0.541 e. The highest BCUT2D eigenvalue weighted by Crippen LogP contribution is 2.52. The van der Waals surface area contributed by atoms with Crippen LogP contribution in [0.5, 0.6) is 11.5 Å². The SMILES string of the molecule is CCOP(=O)(OCC)Oc1ccc2ccccc2c1O[Si](C)(C)C. The quantitative estimate of drug-likeness (QED) is 0.447. The molecule has 7 heteroatoms. The standard InChI is InChI=1S/C17H25O5PSi/c1-6-19-23(18,20-7-2)21-16-13-12-14-10-8-9-11-15(14)17(16)22-24(3,4)5/h8-13H,6-7H2,1-5H3. The van der Waals surface area contributed by atoms with Crippen molar-refractivity contribution in [2.45, 2.75) is 33.5 Å². The summed E-state index contributed by atoms with van der Waals surface area (Å²) in [6, 6.07) is 11.5. The zero-order valence-corrected chi connectivity index (χ0v) is 16.8. The average Bonchev–Trinajstić information content (AvgIpc) is 2.49. The Kier molecular flexibility index (Phi) is 6.10. The van der Waals surface area contributed by atoms with E-state index in [1.807, 2.05) is 30.3 Å². The van der Waals surface area contributed by atoms with Crippen molar-refractivity contribution in [2.75, 3.05) is 13.2 Å². The van der Waals surface area contributed by atoms with E-state index in [2.05, 4.69) is 19.6 Å². The van der Waals surface area contributed by atoms with E-state index in [0.29, 0.717) is 11.5 Å². The molecule has 24 heavy (non-hydrogen) atoms. The minimum atomic E-state index is -3.68. The molecular weight excluding hydrogens is 343 g/mol. The van der Waals surface area contributed by atoms with Gasteiger partial charge in [0.25, 0.3) is 0 Å². The van der Waals surface area contributed by atoms with Crippen LogP contribution >= 0.6 is 7.82 Å². The predicted octanol–water partition coefficient (Wildman–Crippen LogP) is 5.61. The molecule has 2 aromatic rings. The van der Waals surface area contributed by atoms with E-state index in [9.17, 15) is 4.57 Å². The maximum Gasteiger partial charge on any atom is 0.530 e. The van der Waals surface area contributed by atoms with Gasteiger partial charge in [-0.05, 0) is 44.9 Å². The van der Waals surface area contributed by atoms with E-state index in [0.717, 1.165) is 10.8 Å². The first kappa shape index (κ1) is 19.0. The highest BCUT2D eigenvalue weighted by molar-refractivity contribution is 7.48. The number of rotatable bonds is 8. The molecule has 0 fully saturated rings. The van der Waals surface area contributed by atoms with Gasteiger partial charge in [-0.25, -0.2) is 4.57 Å². The summed E-state index contributed by atoms with van der Waals surface area (Å²) in [5.41, 5.74) is 0. The Labute approximate surface area is 144 Å². The van der Waals surface area contributed by atoms with E-state index in [4.69, 9.17) is 18.0 Å². The summed E-state index contributed by atoms with van der Waals surface area (Å²) in [6.45, 7) is 10.2. The van der Waals surface area contributed by atoms with E-state index in [1.54, 1.807) is 19.9 Å². The molecule has 5 nitrogen and oxygen atoms in total. The number of phosphoric acid groups is 1. The van der Waals surface area contributed by atoms with E-state index < -0.39 is 16.1 Å². The molecule has 0 saturated heterocycles. The molecule has 0 spiro atoms. The second-order valence-corrected chi connectivity index (χ2v) is 12.2. The minimum absolute atomic E-state index is 0.231. The van der Waals surface area contributed by atoms with Gasteiger partial charge in [-0.2, -0.15) is 0 Å². The van der Waals surface area contributed by atoms with Gasteiger partial charge in [0.15, 0.2) is 11.5 Å². The molecule has 0 amide bonds. The Morgan fingerprint density at radius 1 is 0.958 bits per heavy atom. The molecule has 0 aliphatic carbocycles. The van der Waals surface area contributed by atoms with E-state index in [-0.39, 0.29) is 13.2 Å². The molecule has 2 aromatic carbocycles. The lowest BCUT2D eigenvalue weighted by Gasteiger charge is -2.25. The third-order valence-electron chi connectivity index (χ3n) is 3.04. The van der Waals surface area contributed by atoms with Crippen LogP contribution in [-0.2, 0) is 13.6 Å². The van der Waals surface area contributed by atoms with Crippen molar-refractivity contribution in [1.29, 1.82) is 0 Å². The Morgan fingerprint density at radius 2 is 1.58 bits per heavy atom. The Balaban J connectivity index is 2.52. The molecule has 0 heterocycles. The molecular formula is C17H25O5PSi. The summed E-state index contributed by atoms with van der Waals surface area (Å²) in [5, 5.41) is 1.94. The van der Waals surface area contributed by atoms with Gasteiger partial charge in [0.05, 0.1) is 13.2 Å². The summed E-state index contributed by atoms with van der Waals surface area (Å²) in [7, 11) is -5.59. The lowest BCUT2D eigenvalue weighted by molar-refractivity contribution is 0.166. The number of phosphoric ester groups is 1. The normalized spacial score (nSPS) is 12.4. The molecule has 0 radical (unpaired) electrons. The molecule has 0 N–H and O–H groups in total. The first-order valence-corrected chi connectivity index (χ1v) is 12.9. The molecule has 2 rings (SSSR count). The van der Waals surface area contributed by atoms with Gasteiger partial charge in [-0.15, -0.1) is 0 Å². The van der Waals surface area contributed by atoms with Crippen molar-refractivity contribution < 1.29 is 22.6 Å². The molecule has 0 aliphatic rings. The van der Waals surface area contributed by atoms with Gasteiger partial charge in [0.1, 0.15) is 0 Å². The highest BCUT2D eigenvalue weighted by atomic mass is 31.2. The molecule has 132 valence electrons. The fraction of sp³-hybridized carbons (Fsp3) is 0.412. The predicted molar refractivity (Wildman–Crippen MR) is 99.4 cm³/mol. The zero-order chi connectivity index (χ0) is 17.8. The molecule has 0 aromatic heterocycles. The number of fused-ring (bicyclic) bond motifs is 1. The molecule has 0 saturated carbocycles. The summed E-state index contributed by atoms with van der Waals surface area (Å²) in [6.07, 6.45) is 0. The second kappa shape index (κ2) is 7.70. The van der Waals surface area contributed by atoms with E-state index in [1.165, 1.54) is 0 Å². The third-order valence-corrected chi connectivity index (χ3v) is 5.42. The van der Waals surface area contributed by atoms with Crippen LogP contribution in [0.1, 0.15) is 13.8 Å². The summed E-state index contributed by atoms with van der Waals surface area (Å²) >= 11 is 0. The van der Waals surface area contributed by atoms with Gasteiger partial charge in [0, 0.05) is 5.39 Å². The van der Waals surface area contributed by atoms with Gasteiger partial charge >= 0.3 is 7.82 Å². The maximum absolute atomic E-state index is 12.7. The van der Waals surface area contributed by atoms with E-state index >= 15 is 0 Å². The maximum atomic E-state index is 12.7. The number of hydrogen-bond donors (Lipinski definition) is 0. The number of benzene rings is 2. The molecule has 0 aliphatic heterocycles. The van der Waals surface area contributed by atoms with Crippen LogP contribution in [-0.4, -0.2) is 21.5 Å². The molecule has 0 bridgehead atoms. The fourth-order valence-corrected chi connectivity index (χ4v) is 4.25. The van der Waals surface area contributed by atoms with Gasteiger partial charge in [0.2, 0.25) is 8.32 Å². The average molecular weight is 368 g/mol. The van der Waals surface area contributed by atoms with Crippen LogP contribution < -0.4 is 8.95 Å². The lowest BCUT2D eigenvalue weighted by Crippen LogP contribution is -2.29.